The molecule has 0 atom stereocenters. The molecular formula is C13H21N3O2S. The average molecular weight is 283 g/mol. The lowest BCUT2D eigenvalue weighted by atomic mass is 10.0. The lowest BCUT2D eigenvalue weighted by molar-refractivity contribution is 0.0690. The Morgan fingerprint density at radius 3 is 2.63 bits per heavy atom. The van der Waals surface area contributed by atoms with E-state index >= 15 is 0 Å². The van der Waals surface area contributed by atoms with Gasteiger partial charge in [-0.3, -0.25) is 0 Å². The molecular weight excluding hydrogens is 262 g/mol. The summed E-state index contributed by atoms with van der Waals surface area (Å²) in [4.78, 5) is 20.7. The summed E-state index contributed by atoms with van der Waals surface area (Å²) in [7, 11) is 2.02. The fraction of sp³-hybridized carbons (Fsp3) is 0.692. The first-order valence-electron chi connectivity index (χ1n) is 6.68. The minimum absolute atomic E-state index is 0.192. The summed E-state index contributed by atoms with van der Waals surface area (Å²) in [5.41, 5.74) is 0.192. The molecule has 2 heterocycles. The van der Waals surface area contributed by atoms with Crippen molar-refractivity contribution in [3.8, 4) is 0 Å². The van der Waals surface area contributed by atoms with E-state index in [9.17, 15) is 4.79 Å². The molecule has 0 bridgehead atoms. The fourth-order valence-corrected chi connectivity index (χ4v) is 3.44. The maximum atomic E-state index is 11.0. The number of piperidine rings is 1. The number of aromatic carboxylic acids is 1. The summed E-state index contributed by atoms with van der Waals surface area (Å²) in [6.45, 7) is 7.34. The van der Waals surface area contributed by atoms with Crippen molar-refractivity contribution in [3.63, 3.8) is 0 Å². The van der Waals surface area contributed by atoms with E-state index in [1.165, 1.54) is 11.3 Å². The summed E-state index contributed by atoms with van der Waals surface area (Å²) in [5.74, 6) is -0.936. The Bertz CT molecular complexity index is 453. The van der Waals surface area contributed by atoms with Crippen molar-refractivity contribution < 1.29 is 9.90 Å². The molecule has 1 aliphatic rings. The van der Waals surface area contributed by atoms with Crippen molar-refractivity contribution in [2.24, 2.45) is 0 Å². The second-order valence-corrected chi connectivity index (χ2v) is 6.16. The molecule has 1 aromatic rings. The maximum absolute atomic E-state index is 11.0. The van der Waals surface area contributed by atoms with Crippen LogP contribution in [0.15, 0.2) is 0 Å². The average Bonchev–Trinajstić information content (AvgIpc) is 2.80. The third-order valence-corrected chi connectivity index (χ3v) is 4.90. The first-order chi connectivity index (χ1) is 9.02. The maximum Gasteiger partial charge on any atom is 0.355 e. The number of nitrogens with zero attached hydrogens (tertiary/aromatic N) is 3. The first-order valence-corrected chi connectivity index (χ1v) is 7.50. The molecule has 1 saturated heterocycles. The highest BCUT2D eigenvalue weighted by Crippen LogP contribution is 2.28. The summed E-state index contributed by atoms with van der Waals surface area (Å²) in [6.07, 6.45) is 2.23. The van der Waals surface area contributed by atoms with E-state index in [0.29, 0.717) is 6.04 Å². The molecule has 1 N–H and O–H groups in total. The van der Waals surface area contributed by atoms with Crippen LogP contribution in [0.25, 0.3) is 0 Å². The SMILES string of the molecule is CCN1CCC(N(C)c2nc(C(=O)O)c(C)s2)CC1. The molecule has 2 rings (SSSR count). The monoisotopic (exact) mass is 283 g/mol. The number of carboxylic acid groups (broad SMARTS) is 1. The van der Waals surface area contributed by atoms with Crippen LogP contribution in [-0.2, 0) is 0 Å². The molecule has 19 heavy (non-hydrogen) atoms. The Morgan fingerprint density at radius 2 is 2.16 bits per heavy atom. The summed E-state index contributed by atoms with van der Waals surface area (Å²) >= 11 is 1.47. The van der Waals surface area contributed by atoms with Gasteiger partial charge in [0.2, 0.25) is 0 Å². The zero-order valence-corrected chi connectivity index (χ0v) is 12.5. The molecule has 0 spiro atoms. The van der Waals surface area contributed by atoms with Crippen molar-refractivity contribution >= 4 is 22.4 Å². The van der Waals surface area contributed by atoms with Gasteiger partial charge < -0.3 is 14.9 Å². The van der Waals surface area contributed by atoms with Gasteiger partial charge in [0.15, 0.2) is 10.8 Å². The van der Waals surface area contributed by atoms with Crippen molar-refractivity contribution in [3.05, 3.63) is 10.6 Å². The van der Waals surface area contributed by atoms with E-state index in [1.54, 1.807) is 0 Å². The van der Waals surface area contributed by atoms with Gasteiger partial charge in [-0.25, -0.2) is 9.78 Å². The van der Waals surface area contributed by atoms with Crippen LogP contribution in [-0.4, -0.2) is 53.7 Å². The molecule has 1 aromatic heterocycles. The van der Waals surface area contributed by atoms with Gasteiger partial charge in [-0.1, -0.05) is 6.92 Å². The molecule has 6 heteroatoms. The number of rotatable bonds is 4. The van der Waals surface area contributed by atoms with Crippen LogP contribution in [0, 0.1) is 6.92 Å². The molecule has 0 aromatic carbocycles. The van der Waals surface area contributed by atoms with E-state index in [1.807, 2.05) is 14.0 Å². The van der Waals surface area contributed by atoms with Crippen LogP contribution in [0.1, 0.15) is 35.1 Å². The molecule has 106 valence electrons. The quantitative estimate of drug-likeness (QED) is 0.916. The van der Waals surface area contributed by atoms with Crippen molar-refractivity contribution in [1.29, 1.82) is 0 Å². The topological polar surface area (TPSA) is 56.7 Å². The number of aryl methyl sites for hydroxylation is 1. The summed E-state index contributed by atoms with van der Waals surface area (Å²) < 4.78 is 0. The Kier molecular flexibility index (Phi) is 4.42. The largest absolute Gasteiger partial charge is 0.476 e. The molecule has 5 nitrogen and oxygen atoms in total. The number of hydrogen-bond donors (Lipinski definition) is 1. The normalized spacial score (nSPS) is 17.6. The first kappa shape index (κ1) is 14.3. The van der Waals surface area contributed by atoms with Gasteiger partial charge in [0.05, 0.1) is 0 Å². The van der Waals surface area contributed by atoms with E-state index in [4.69, 9.17) is 5.11 Å². The summed E-state index contributed by atoms with van der Waals surface area (Å²) in [6, 6.07) is 0.468. The van der Waals surface area contributed by atoms with Gasteiger partial charge >= 0.3 is 5.97 Å². The van der Waals surface area contributed by atoms with Crippen LogP contribution in [0.3, 0.4) is 0 Å². The predicted molar refractivity (Wildman–Crippen MR) is 77.3 cm³/mol. The Morgan fingerprint density at radius 1 is 1.53 bits per heavy atom. The van der Waals surface area contributed by atoms with Gasteiger partial charge in [-0.2, -0.15) is 0 Å². The number of carboxylic acids is 1. The summed E-state index contributed by atoms with van der Waals surface area (Å²) in [5, 5.41) is 9.88. The highest BCUT2D eigenvalue weighted by molar-refractivity contribution is 7.15. The zero-order valence-electron chi connectivity index (χ0n) is 11.7. The van der Waals surface area contributed by atoms with Gasteiger partial charge in [0.25, 0.3) is 0 Å². The van der Waals surface area contributed by atoms with Crippen LogP contribution in [0.2, 0.25) is 0 Å². The molecule has 1 aliphatic heterocycles. The molecule has 0 radical (unpaired) electrons. The number of thiazole rings is 1. The minimum atomic E-state index is -0.936. The molecule has 1 fully saturated rings. The van der Waals surface area contributed by atoms with Crippen LogP contribution < -0.4 is 4.90 Å². The molecule has 0 saturated carbocycles. The van der Waals surface area contributed by atoms with Gasteiger partial charge in [0, 0.05) is 31.1 Å². The van der Waals surface area contributed by atoms with E-state index < -0.39 is 5.97 Å². The Balaban J connectivity index is 2.06. The van der Waals surface area contributed by atoms with Crippen LogP contribution in [0.5, 0.6) is 0 Å². The third kappa shape index (κ3) is 3.06. The second-order valence-electron chi connectivity index (χ2n) is 4.98. The highest BCUT2D eigenvalue weighted by atomic mass is 32.1. The molecule has 0 amide bonds. The number of likely N-dealkylation sites (tertiary alicyclic amines) is 1. The van der Waals surface area contributed by atoms with E-state index in [2.05, 4.69) is 21.7 Å². The minimum Gasteiger partial charge on any atom is -0.476 e. The second kappa shape index (κ2) is 5.88. The van der Waals surface area contributed by atoms with Crippen LogP contribution in [0.4, 0.5) is 5.13 Å². The highest BCUT2D eigenvalue weighted by Gasteiger charge is 2.25. The van der Waals surface area contributed by atoms with Crippen LogP contribution >= 0.6 is 11.3 Å². The standard InChI is InChI=1S/C13H21N3O2S/c1-4-16-7-5-10(6-8-16)15(3)13-14-11(12(17)18)9(2)19-13/h10H,4-8H2,1-3H3,(H,17,18). The molecule has 0 unspecified atom stereocenters. The Hall–Kier alpha value is -1.14. The number of hydrogen-bond acceptors (Lipinski definition) is 5. The molecule has 0 aliphatic carbocycles. The smallest absolute Gasteiger partial charge is 0.355 e. The lowest BCUT2D eigenvalue weighted by Gasteiger charge is -2.36. The predicted octanol–water partition coefficient (Wildman–Crippen LogP) is 2.07. The Labute approximate surface area is 117 Å². The fourth-order valence-electron chi connectivity index (χ4n) is 2.51. The van der Waals surface area contributed by atoms with Crippen molar-refractivity contribution in [1.82, 2.24) is 9.88 Å². The van der Waals surface area contributed by atoms with Gasteiger partial charge in [-0.15, -0.1) is 11.3 Å². The lowest BCUT2D eigenvalue weighted by Crippen LogP contribution is -2.43. The third-order valence-electron chi connectivity index (χ3n) is 3.84. The van der Waals surface area contributed by atoms with Gasteiger partial charge in [0.1, 0.15) is 0 Å². The van der Waals surface area contributed by atoms with Gasteiger partial charge in [-0.05, 0) is 26.3 Å². The number of carbonyl (C=O) groups is 1. The van der Waals surface area contributed by atoms with Crippen molar-refractivity contribution in [2.75, 3.05) is 31.6 Å². The zero-order chi connectivity index (χ0) is 14.0. The number of anilines is 1. The van der Waals surface area contributed by atoms with Crippen molar-refractivity contribution in [2.45, 2.75) is 32.7 Å². The number of aromatic nitrogens is 1. The van der Waals surface area contributed by atoms with E-state index in [0.717, 1.165) is 42.5 Å². The van der Waals surface area contributed by atoms with E-state index in [-0.39, 0.29) is 5.69 Å².